The summed E-state index contributed by atoms with van der Waals surface area (Å²) in [5, 5.41) is 15.3. The standard InChI is InChI=1S/C28H28ClN3O6/c1-2-37-28(36)18-11-13-32(14-12-18)26(34)17-38-25-10-8-20(21-5-3-4-6-22(21)25)16-30-31-27(35)19-7-9-24(33)23(29)15-19/h3-10,15-16,18,33H,2,11-14,17H2,1H3,(H,31,35)/b30-16+. The summed E-state index contributed by atoms with van der Waals surface area (Å²) in [4.78, 5) is 38.7. The lowest BCUT2D eigenvalue weighted by molar-refractivity contribution is -0.151. The van der Waals surface area contributed by atoms with E-state index in [0.29, 0.717) is 38.3 Å². The van der Waals surface area contributed by atoms with Gasteiger partial charge in [-0.1, -0.05) is 35.9 Å². The van der Waals surface area contributed by atoms with Crippen LogP contribution < -0.4 is 10.2 Å². The molecule has 2 N–H and O–H groups in total. The molecule has 1 aliphatic heterocycles. The summed E-state index contributed by atoms with van der Waals surface area (Å²) in [6.45, 7) is 3.00. The third-order valence-electron chi connectivity index (χ3n) is 6.32. The number of aromatic hydroxyl groups is 1. The molecule has 2 amide bonds. The van der Waals surface area contributed by atoms with Crippen LogP contribution in [0.1, 0.15) is 35.7 Å². The minimum Gasteiger partial charge on any atom is -0.506 e. The van der Waals surface area contributed by atoms with Crippen molar-refractivity contribution in [3.05, 3.63) is 70.7 Å². The average Bonchev–Trinajstić information content (AvgIpc) is 2.93. The number of carbonyl (C=O) groups excluding carboxylic acids is 3. The van der Waals surface area contributed by atoms with E-state index in [1.54, 1.807) is 24.0 Å². The van der Waals surface area contributed by atoms with Gasteiger partial charge >= 0.3 is 5.97 Å². The zero-order chi connectivity index (χ0) is 27.1. The van der Waals surface area contributed by atoms with Crippen LogP contribution in [0.25, 0.3) is 10.8 Å². The van der Waals surface area contributed by atoms with E-state index >= 15 is 0 Å². The summed E-state index contributed by atoms with van der Waals surface area (Å²) in [5.74, 6) is -0.538. The molecule has 3 aromatic rings. The van der Waals surface area contributed by atoms with Crippen LogP contribution in [0.4, 0.5) is 0 Å². The first-order valence-electron chi connectivity index (χ1n) is 12.3. The second-order valence-electron chi connectivity index (χ2n) is 8.76. The molecule has 0 aliphatic carbocycles. The molecule has 1 saturated heterocycles. The fourth-order valence-electron chi connectivity index (χ4n) is 4.26. The SMILES string of the molecule is CCOC(=O)C1CCN(C(=O)COc2ccc(/C=N/NC(=O)c3ccc(O)c(Cl)c3)c3ccccc23)CC1. The number of benzene rings is 3. The van der Waals surface area contributed by atoms with E-state index < -0.39 is 5.91 Å². The summed E-state index contributed by atoms with van der Waals surface area (Å²) in [6.07, 6.45) is 2.68. The van der Waals surface area contributed by atoms with Gasteiger partial charge in [0.05, 0.1) is 23.8 Å². The minimum atomic E-state index is -0.475. The maximum absolute atomic E-state index is 12.7. The zero-order valence-corrected chi connectivity index (χ0v) is 21.6. The number of phenols is 1. The van der Waals surface area contributed by atoms with Gasteiger partial charge in [-0.05, 0) is 55.5 Å². The first-order valence-corrected chi connectivity index (χ1v) is 12.7. The molecule has 0 bridgehead atoms. The number of nitrogens with zero attached hydrogens (tertiary/aromatic N) is 2. The molecule has 4 rings (SSSR count). The number of hydrazone groups is 1. The van der Waals surface area contributed by atoms with Crippen molar-refractivity contribution in [2.75, 3.05) is 26.3 Å². The largest absolute Gasteiger partial charge is 0.506 e. The van der Waals surface area contributed by atoms with E-state index in [4.69, 9.17) is 21.1 Å². The van der Waals surface area contributed by atoms with Gasteiger partial charge in [0.2, 0.25) is 0 Å². The van der Waals surface area contributed by atoms with Gasteiger partial charge in [-0.2, -0.15) is 5.10 Å². The highest BCUT2D eigenvalue weighted by Gasteiger charge is 2.28. The summed E-state index contributed by atoms with van der Waals surface area (Å²) in [7, 11) is 0. The molecule has 0 saturated carbocycles. The monoisotopic (exact) mass is 537 g/mol. The summed E-state index contributed by atoms with van der Waals surface area (Å²) in [5.41, 5.74) is 3.44. The molecule has 0 spiro atoms. The second-order valence-corrected chi connectivity index (χ2v) is 9.17. The topological polar surface area (TPSA) is 118 Å². The van der Waals surface area contributed by atoms with Gasteiger partial charge in [0.1, 0.15) is 11.5 Å². The quantitative estimate of drug-likeness (QED) is 0.253. The van der Waals surface area contributed by atoms with Crippen LogP contribution in [0, 0.1) is 5.92 Å². The maximum atomic E-state index is 12.7. The highest BCUT2D eigenvalue weighted by molar-refractivity contribution is 6.32. The number of carbonyl (C=O) groups is 3. The van der Waals surface area contributed by atoms with Gasteiger partial charge in [-0.15, -0.1) is 0 Å². The van der Waals surface area contributed by atoms with Crippen LogP contribution in [-0.4, -0.2) is 60.3 Å². The number of ether oxygens (including phenoxy) is 2. The molecule has 1 aliphatic rings. The van der Waals surface area contributed by atoms with Crippen molar-refractivity contribution >= 4 is 46.4 Å². The third-order valence-corrected chi connectivity index (χ3v) is 6.62. The summed E-state index contributed by atoms with van der Waals surface area (Å²) < 4.78 is 11.0. The smallest absolute Gasteiger partial charge is 0.309 e. The number of esters is 1. The molecule has 1 heterocycles. The van der Waals surface area contributed by atoms with Gasteiger partial charge in [0.15, 0.2) is 6.61 Å². The minimum absolute atomic E-state index is 0.0721. The van der Waals surface area contributed by atoms with Crippen molar-refractivity contribution in [2.24, 2.45) is 11.0 Å². The Morgan fingerprint density at radius 3 is 2.55 bits per heavy atom. The Morgan fingerprint density at radius 1 is 1.11 bits per heavy atom. The first-order chi connectivity index (χ1) is 18.4. The lowest BCUT2D eigenvalue weighted by Crippen LogP contribution is -2.42. The molecule has 198 valence electrons. The Bertz CT molecular complexity index is 1370. The molecular weight excluding hydrogens is 510 g/mol. The normalized spacial score (nSPS) is 14.0. The predicted molar refractivity (Wildman–Crippen MR) is 144 cm³/mol. The van der Waals surface area contributed by atoms with Crippen molar-refractivity contribution in [3.8, 4) is 11.5 Å². The lowest BCUT2D eigenvalue weighted by Gasteiger charge is -2.30. The van der Waals surface area contributed by atoms with Crippen molar-refractivity contribution < 1.29 is 29.0 Å². The maximum Gasteiger partial charge on any atom is 0.309 e. The molecule has 38 heavy (non-hydrogen) atoms. The molecule has 10 heteroatoms. The molecule has 3 aromatic carbocycles. The zero-order valence-electron chi connectivity index (χ0n) is 20.9. The number of halogens is 1. The third kappa shape index (κ3) is 6.41. The number of rotatable bonds is 8. The lowest BCUT2D eigenvalue weighted by atomic mass is 9.97. The summed E-state index contributed by atoms with van der Waals surface area (Å²) >= 11 is 5.86. The number of hydrogen-bond donors (Lipinski definition) is 2. The molecule has 0 radical (unpaired) electrons. The number of fused-ring (bicyclic) bond motifs is 1. The van der Waals surface area contributed by atoms with Crippen LogP contribution in [0.3, 0.4) is 0 Å². The number of likely N-dealkylation sites (tertiary alicyclic amines) is 1. The van der Waals surface area contributed by atoms with E-state index in [1.807, 2.05) is 24.3 Å². The fraction of sp³-hybridized carbons (Fsp3) is 0.286. The Morgan fingerprint density at radius 2 is 1.84 bits per heavy atom. The van der Waals surface area contributed by atoms with Crippen LogP contribution in [0.2, 0.25) is 5.02 Å². The predicted octanol–water partition coefficient (Wildman–Crippen LogP) is 4.14. The first kappa shape index (κ1) is 26.9. The van der Waals surface area contributed by atoms with Gasteiger partial charge in [-0.25, -0.2) is 5.43 Å². The molecule has 0 aromatic heterocycles. The van der Waals surface area contributed by atoms with Crippen molar-refractivity contribution in [3.63, 3.8) is 0 Å². The number of phenolic OH excluding ortho intramolecular Hbond substituents is 1. The van der Waals surface area contributed by atoms with Gasteiger partial charge in [0, 0.05) is 29.6 Å². The van der Waals surface area contributed by atoms with Crippen LogP contribution in [-0.2, 0) is 14.3 Å². The van der Waals surface area contributed by atoms with E-state index in [9.17, 15) is 19.5 Å². The van der Waals surface area contributed by atoms with Crippen molar-refractivity contribution in [1.29, 1.82) is 0 Å². The molecular formula is C28H28ClN3O6. The van der Waals surface area contributed by atoms with Crippen molar-refractivity contribution in [2.45, 2.75) is 19.8 Å². The Hall–Kier alpha value is -4.11. The van der Waals surface area contributed by atoms with Crippen LogP contribution >= 0.6 is 11.6 Å². The van der Waals surface area contributed by atoms with E-state index in [2.05, 4.69) is 10.5 Å². The highest BCUT2D eigenvalue weighted by atomic mass is 35.5. The van der Waals surface area contributed by atoms with E-state index in [-0.39, 0.29) is 40.7 Å². The number of hydrogen-bond acceptors (Lipinski definition) is 7. The summed E-state index contributed by atoms with van der Waals surface area (Å²) in [6, 6.07) is 15.2. The Labute approximate surface area is 225 Å². The highest BCUT2D eigenvalue weighted by Crippen LogP contribution is 2.28. The number of nitrogens with one attached hydrogen (secondary N) is 1. The molecule has 0 unspecified atom stereocenters. The number of piperidine rings is 1. The Balaban J connectivity index is 1.38. The van der Waals surface area contributed by atoms with Crippen LogP contribution in [0.15, 0.2) is 59.7 Å². The fourth-order valence-corrected chi connectivity index (χ4v) is 4.44. The Kier molecular flexibility index (Phi) is 8.81. The molecule has 0 atom stereocenters. The number of amides is 2. The van der Waals surface area contributed by atoms with Gasteiger partial charge in [-0.3, -0.25) is 14.4 Å². The van der Waals surface area contributed by atoms with E-state index in [0.717, 1.165) is 16.3 Å². The van der Waals surface area contributed by atoms with Gasteiger partial charge in [0.25, 0.3) is 11.8 Å². The van der Waals surface area contributed by atoms with E-state index in [1.165, 1.54) is 24.4 Å². The van der Waals surface area contributed by atoms with Gasteiger partial charge < -0.3 is 19.5 Å². The van der Waals surface area contributed by atoms with Crippen molar-refractivity contribution in [1.82, 2.24) is 10.3 Å². The molecule has 1 fully saturated rings. The molecule has 9 nitrogen and oxygen atoms in total. The van der Waals surface area contributed by atoms with Crippen LogP contribution in [0.5, 0.6) is 11.5 Å². The second kappa shape index (κ2) is 12.4. The average molecular weight is 538 g/mol.